The van der Waals surface area contributed by atoms with E-state index in [1.165, 1.54) is 24.1 Å². The van der Waals surface area contributed by atoms with E-state index in [2.05, 4.69) is 16.7 Å². The normalized spacial score (nSPS) is 18.7. The van der Waals surface area contributed by atoms with E-state index < -0.39 is 0 Å². The first-order valence-corrected chi connectivity index (χ1v) is 5.87. The van der Waals surface area contributed by atoms with E-state index in [0.717, 1.165) is 18.0 Å². The Bertz CT molecular complexity index is 338. The molecular weight excluding hydrogens is 208 g/mol. The smallest absolute Gasteiger partial charge is 0.0459 e. The van der Waals surface area contributed by atoms with Crippen molar-refractivity contribution in [3.05, 3.63) is 28.8 Å². The van der Waals surface area contributed by atoms with Gasteiger partial charge in [0.2, 0.25) is 0 Å². The molecule has 3 heteroatoms. The highest BCUT2D eigenvalue weighted by Crippen LogP contribution is 2.32. The van der Waals surface area contributed by atoms with Crippen LogP contribution in [0.25, 0.3) is 0 Å². The van der Waals surface area contributed by atoms with Crippen LogP contribution in [0.15, 0.2) is 18.2 Å². The van der Waals surface area contributed by atoms with E-state index in [1.54, 1.807) is 0 Å². The Labute approximate surface area is 96.0 Å². The van der Waals surface area contributed by atoms with Crippen LogP contribution in [0.1, 0.15) is 18.4 Å². The molecule has 0 radical (unpaired) electrons. The fraction of sp³-hybridized carbons (Fsp3) is 0.500. The van der Waals surface area contributed by atoms with E-state index in [1.807, 2.05) is 19.2 Å². The largest absolute Gasteiger partial charge is 0.382 e. The first-order chi connectivity index (χ1) is 7.31. The third-order valence-electron chi connectivity index (χ3n) is 2.91. The first-order valence-electron chi connectivity index (χ1n) is 5.50. The van der Waals surface area contributed by atoms with Gasteiger partial charge in [-0.05, 0) is 50.6 Å². The molecule has 0 spiro atoms. The van der Waals surface area contributed by atoms with Gasteiger partial charge in [-0.25, -0.2) is 0 Å². The first kappa shape index (κ1) is 10.8. The van der Waals surface area contributed by atoms with Crippen molar-refractivity contribution in [3.63, 3.8) is 0 Å². The molecule has 0 aliphatic carbocycles. The number of hydrogen-bond acceptors (Lipinski definition) is 2. The molecule has 1 unspecified atom stereocenters. The van der Waals surface area contributed by atoms with Crippen molar-refractivity contribution in [1.82, 2.24) is 5.32 Å². The van der Waals surface area contributed by atoms with E-state index in [4.69, 9.17) is 11.6 Å². The lowest BCUT2D eigenvalue weighted by molar-refractivity contribution is 0.608. The van der Waals surface area contributed by atoms with Crippen molar-refractivity contribution < 1.29 is 0 Å². The number of hydrogen-bond donors (Lipinski definition) is 2. The van der Waals surface area contributed by atoms with Gasteiger partial charge in [0.15, 0.2) is 0 Å². The van der Waals surface area contributed by atoms with Gasteiger partial charge in [-0.2, -0.15) is 0 Å². The maximum absolute atomic E-state index is 6.14. The Morgan fingerprint density at radius 1 is 1.53 bits per heavy atom. The summed E-state index contributed by atoms with van der Waals surface area (Å²) in [6, 6.07) is 6.65. The van der Waals surface area contributed by atoms with Crippen LogP contribution in [-0.2, 0) is 6.42 Å². The van der Waals surface area contributed by atoms with Gasteiger partial charge in [-0.1, -0.05) is 17.7 Å². The van der Waals surface area contributed by atoms with Crippen molar-refractivity contribution >= 4 is 17.3 Å². The van der Waals surface area contributed by atoms with Gasteiger partial charge in [0.25, 0.3) is 0 Å². The van der Waals surface area contributed by atoms with E-state index in [-0.39, 0.29) is 0 Å². The fourth-order valence-electron chi connectivity index (χ4n) is 2.12. The molecule has 1 aliphatic rings. The van der Waals surface area contributed by atoms with Crippen LogP contribution in [0.4, 0.5) is 5.69 Å². The van der Waals surface area contributed by atoms with Crippen LogP contribution in [0, 0.1) is 0 Å². The highest BCUT2D eigenvalue weighted by molar-refractivity contribution is 6.31. The molecular formula is C12H17ClN2. The van der Waals surface area contributed by atoms with Gasteiger partial charge in [0, 0.05) is 16.8 Å². The van der Waals surface area contributed by atoms with Gasteiger partial charge in [-0.15, -0.1) is 0 Å². The second-order valence-corrected chi connectivity index (χ2v) is 4.46. The molecule has 0 saturated heterocycles. The van der Waals surface area contributed by atoms with Crippen LogP contribution in [-0.4, -0.2) is 19.6 Å². The number of rotatable bonds is 4. The number of fused-ring (bicyclic) bond motifs is 1. The van der Waals surface area contributed by atoms with E-state index >= 15 is 0 Å². The molecule has 2 N–H and O–H groups in total. The topological polar surface area (TPSA) is 24.1 Å². The van der Waals surface area contributed by atoms with E-state index in [9.17, 15) is 0 Å². The van der Waals surface area contributed by atoms with Gasteiger partial charge in [0.1, 0.15) is 0 Å². The molecule has 0 amide bonds. The molecule has 2 nitrogen and oxygen atoms in total. The predicted octanol–water partition coefficient (Wildman–Crippen LogP) is 2.68. The average molecular weight is 225 g/mol. The Kier molecular flexibility index (Phi) is 3.49. The number of halogens is 1. The van der Waals surface area contributed by atoms with Gasteiger partial charge in [0.05, 0.1) is 0 Å². The molecule has 15 heavy (non-hydrogen) atoms. The number of anilines is 1. The van der Waals surface area contributed by atoms with Crippen LogP contribution < -0.4 is 10.6 Å². The summed E-state index contributed by atoms with van der Waals surface area (Å²) in [4.78, 5) is 0. The molecule has 1 aromatic rings. The molecule has 0 fully saturated rings. The summed E-state index contributed by atoms with van der Waals surface area (Å²) in [5.74, 6) is 0. The lowest BCUT2D eigenvalue weighted by Gasteiger charge is -2.10. The fourth-order valence-corrected chi connectivity index (χ4v) is 2.37. The Morgan fingerprint density at radius 2 is 2.40 bits per heavy atom. The molecule has 2 rings (SSSR count). The summed E-state index contributed by atoms with van der Waals surface area (Å²) in [7, 11) is 1.99. The lowest BCUT2D eigenvalue weighted by atomic mass is 10.1. The summed E-state index contributed by atoms with van der Waals surface area (Å²) in [5, 5.41) is 7.59. The zero-order valence-corrected chi connectivity index (χ0v) is 9.77. The van der Waals surface area contributed by atoms with Crippen molar-refractivity contribution in [3.8, 4) is 0 Å². The molecule has 1 aliphatic heterocycles. The standard InChI is InChI=1S/C12H17ClN2/c1-14-7-3-4-9-8-10-11(13)5-2-6-12(10)15-9/h2,5-6,9,14-15H,3-4,7-8H2,1H3. The van der Waals surface area contributed by atoms with E-state index in [0.29, 0.717) is 6.04 Å². The molecule has 0 bridgehead atoms. The third kappa shape index (κ3) is 2.44. The number of benzene rings is 1. The molecule has 1 aromatic carbocycles. The zero-order valence-electron chi connectivity index (χ0n) is 9.02. The minimum Gasteiger partial charge on any atom is -0.382 e. The molecule has 1 heterocycles. The second-order valence-electron chi connectivity index (χ2n) is 4.06. The van der Waals surface area contributed by atoms with Crippen molar-refractivity contribution in [2.45, 2.75) is 25.3 Å². The summed E-state index contributed by atoms with van der Waals surface area (Å²) in [6.45, 7) is 1.09. The van der Waals surface area contributed by atoms with Crippen LogP contribution in [0.5, 0.6) is 0 Å². The third-order valence-corrected chi connectivity index (χ3v) is 3.26. The van der Waals surface area contributed by atoms with Crippen LogP contribution in [0.2, 0.25) is 5.02 Å². The lowest BCUT2D eigenvalue weighted by Crippen LogP contribution is -2.18. The van der Waals surface area contributed by atoms with Crippen molar-refractivity contribution in [2.75, 3.05) is 18.9 Å². The quantitative estimate of drug-likeness (QED) is 0.769. The highest BCUT2D eigenvalue weighted by Gasteiger charge is 2.21. The van der Waals surface area contributed by atoms with Gasteiger partial charge < -0.3 is 10.6 Å². The van der Waals surface area contributed by atoms with Crippen molar-refractivity contribution in [1.29, 1.82) is 0 Å². The number of nitrogens with one attached hydrogen (secondary N) is 2. The highest BCUT2D eigenvalue weighted by atomic mass is 35.5. The summed E-state index contributed by atoms with van der Waals surface area (Å²) in [5.41, 5.74) is 2.51. The summed E-state index contributed by atoms with van der Waals surface area (Å²) >= 11 is 6.14. The Hall–Kier alpha value is -0.730. The second kappa shape index (κ2) is 4.86. The molecule has 0 saturated carbocycles. The molecule has 82 valence electrons. The molecule has 1 atom stereocenters. The van der Waals surface area contributed by atoms with Gasteiger partial charge in [-0.3, -0.25) is 0 Å². The Morgan fingerprint density at radius 3 is 3.13 bits per heavy atom. The van der Waals surface area contributed by atoms with Gasteiger partial charge >= 0.3 is 0 Å². The van der Waals surface area contributed by atoms with Crippen LogP contribution >= 0.6 is 11.6 Å². The minimum absolute atomic E-state index is 0.563. The predicted molar refractivity (Wildman–Crippen MR) is 65.7 cm³/mol. The van der Waals surface area contributed by atoms with Crippen molar-refractivity contribution in [2.24, 2.45) is 0 Å². The maximum atomic E-state index is 6.14. The Balaban J connectivity index is 1.94. The summed E-state index contributed by atoms with van der Waals surface area (Å²) < 4.78 is 0. The monoisotopic (exact) mass is 224 g/mol. The SMILES string of the molecule is CNCCCC1Cc2c(Cl)cccc2N1. The summed E-state index contributed by atoms with van der Waals surface area (Å²) in [6.07, 6.45) is 3.48. The minimum atomic E-state index is 0.563. The zero-order chi connectivity index (χ0) is 10.7. The average Bonchev–Trinajstić information content (AvgIpc) is 2.63. The maximum Gasteiger partial charge on any atom is 0.0459 e. The van der Waals surface area contributed by atoms with Crippen LogP contribution in [0.3, 0.4) is 0 Å². The molecule has 0 aromatic heterocycles.